The Morgan fingerprint density at radius 2 is 2.41 bits per heavy atom. The second-order valence-electron chi connectivity index (χ2n) is 4.21. The fraction of sp³-hybridized carbons (Fsp3) is 0.583. The molecule has 1 atom stereocenters. The highest BCUT2D eigenvalue weighted by atomic mass is 79.9. The molecule has 1 amide bonds. The van der Waals surface area contributed by atoms with Crippen LogP contribution < -0.4 is 0 Å². The van der Waals surface area contributed by atoms with Gasteiger partial charge >= 0.3 is 0 Å². The van der Waals surface area contributed by atoms with E-state index in [4.69, 9.17) is 4.42 Å². The molecular formula is C12H16BrNO2S. The van der Waals surface area contributed by atoms with E-state index in [1.807, 2.05) is 16.7 Å². The van der Waals surface area contributed by atoms with Crippen molar-refractivity contribution in [3.63, 3.8) is 0 Å². The summed E-state index contributed by atoms with van der Waals surface area (Å²) in [7, 11) is 0. The summed E-state index contributed by atoms with van der Waals surface area (Å²) in [6.07, 6.45) is 7.17. The third-order valence-corrected chi connectivity index (χ3v) is 4.76. The first-order chi connectivity index (χ1) is 8.22. The van der Waals surface area contributed by atoms with Gasteiger partial charge in [-0.1, -0.05) is 6.42 Å². The summed E-state index contributed by atoms with van der Waals surface area (Å²) >= 11 is 5.12. The zero-order chi connectivity index (χ0) is 12.3. The molecular weight excluding hydrogens is 302 g/mol. The van der Waals surface area contributed by atoms with E-state index in [1.165, 1.54) is 12.8 Å². The molecule has 0 spiro atoms. The molecule has 0 bridgehead atoms. The minimum absolute atomic E-state index is 0.0755. The van der Waals surface area contributed by atoms with Gasteiger partial charge in [-0.15, -0.1) is 0 Å². The quantitative estimate of drug-likeness (QED) is 0.838. The van der Waals surface area contributed by atoms with E-state index in [0.29, 0.717) is 15.5 Å². The number of nitrogens with zero attached hydrogens (tertiary/aromatic N) is 1. The molecule has 0 aromatic carbocycles. The molecule has 1 saturated heterocycles. The van der Waals surface area contributed by atoms with Crippen LogP contribution in [0.5, 0.6) is 0 Å². The lowest BCUT2D eigenvalue weighted by Gasteiger charge is -2.23. The van der Waals surface area contributed by atoms with Crippen molar-refractivity contribution >= 4 is 33.6 Å². The molecule has 5 heteroatoms. The number of carbonyl (C=O) groups is 1. The molecule has 2 heterocycles. The van der Waals surface area contributed by atoms with Crippen molar-refractivity contribution in [1.29, 1.82) is 0 Å². The number of likely N-dealkylation sites (tertiary alicyclic amines) is 1. The third kappa shape index (κ3) is 3.07. The lowest BCUT2D eigenvalue weighted by Crippen LogP contribution is -2.35. The second-order valence-corrected chi connectivity index (χ2v) is 6.07. The maximum atomic E-state index is 12.3. The summed E-state index contributed by atoms with van der Waals surface area (Å²) < 4.78 is 5.66. The van der Waals surface area contributed by atoms with Crippen molar-refractivity contribution in [2.45, 2.75) is 24.5 Å². The number of halogens is 1. The van der Waals surface area contributed by atoms with E-state index in [9.17, 15) is 4.79 Å². The SMILES string of the molecule is CSC1CCCCN(C(=O)c2ccoc2Br)C1. The van der Waals surface area contributed by atoms with Crippen molar-refractivity contribution in [1.82, 2.24) is 4.90 Å². The smallest absolute Gasteiger partial charge is 0.258 e. The minimum atomic E-state index is 0.0755. The molecule has 94 valence electrons. The van der Waals surface area contributed by atoms with Gasteiger partial charge in [0.1, 0.15) is 0 Å². The van der Waals surface area contributed by atoms with E-state index in [2.05, 4.69) is 22.2 Å². The van der Waals surface area contributed by atoms with Crippen LogP contribution in [-0.4, -0.2) is 35.4 Å². The van der Waals surface area contributed by atoms with Gasteiger partial charge in [-0.25, -0.2) is 0 Å². The average Bonchev–Trinajstić information content (AvgIpc) is 2.63. The van der Waals surface area contributed by atoms with E-state index in [-0.39, 0.29) is 5.91 Å². The van der Waals surface area contributed by atoms with Crippen molar-refractivity contribution in [3.05, 3.63) is 22.6 Å². The number of carbonyl (C=O) groups excluding carboxylic acids is 1. The molecule has 0 radical (unpaired) electrons. The number of rotatable bonds is 2. The van der Waals surface area contributed by atoms with Gasteiger partial charge in [0.15, 0.2) is 4.67 Å². The first-order valence-corrected chi connectivity index (χ1v) is 7.85. The average molecular weight is 318 g/mol. The second kappa shape index (κ2) is 5.96. The normalized spacial score (nSPS) is 21.3. The lowest BCUT2D eigenvalue weighted by molar-refractivity contribution is 0.0761. The van der Waals surface area contributed by atoms with Gasteiger partial charge in [-0.2, -0.15) is 11.8 Å². The van der Waals surface area contributed by atoms with Crippen molar-refractivity contribution in [2.75, 3.05) is 19.3 Å². The van der Waals surface area contributed by atoms with Gasteiger partial charge in [0, 0.05) is 18.3 Å². The zero-order valence-corrected chi connectivity index (χ0v) is 12.2. The van der Waals surface area contributed by atoms with Gasteiger partial charge in [0.25, 0.3) is 5.91 Å². The highest BCUT2D eigenvalue weighted by molar-refractivity contribution is 9.10. The predicted molar refractivity (Wildman–Crippen MR) is 73.5 cm³/mol. The third-order valence-electron chi connectivity index (χ3n) is 3.10. The molecule has 1 fully saturated rings. The van der Waals surface area contributed by atoms with Gasteiger partial charge in [-0.05, 0) is 41.1 Å². The van der Waals surface area contributed by atoms with E-state index in [0.717, 1.165) is 19.5 Å². The molecule has 0 aliphatic carbocycles. The fourth-order valence-corrected chi connectivity index (χ4v) is 3.24. The Morgan fingerprint density at radius 1 is 1.59 bits per heavy atom. The number of furan rings is 1. The molecule has 0 N–H and O–H groups in total. The molecule has 0 saturated carbocycles. The Morgan fingerprint density at radius 3 is 3.06 bits per heavy atom. The number of thioether (sulfide) groups is 1. The molecule has 1 aliphatic rings. The summed E-state index contributed by atoms with van der Waals surface area (Å²) in [5.41, 5.74) is 0.631. The number of amides is 1. The van der Waals surface area contributed by atoms with Crippen LogP contribution in [0, 0.1) is 0 Å². The Bertz CT molecular complexity index is 394. The monoisotopic (exact) mass is 317 g/mol. The van der Waals surface area contributed by atoms with E-state index < -0.39 is 0 Å². The van der Waals surface area contributed by atoms with Gasteiger partial charge in [0.2, 0.25) is 0 Å². The summed E-state index contributed by atoms with van der Waals surface area (Å²) in [5.74, 6) is 0.0755. The molecule has 17 heavy (non-hydrogen) atoms. The van der Waals surface area contributed by atoms with E-state index in [1.54, 1.807) is 12.3 Å². The lowest BCUT2D eigenvalue weighted by atomic mass is 10.2. The van der Waals surface area contributed by atoms with Crippen molar-refractivity contribution in [3.8, 4) is 0 Å². The number of hydrogen-bond donors (Lipinski definition) is 0. The van der Waals surface area contributed by atoms with Gasteiger partial charge in [0.05, 0.1) is 11.8 Å². The van der Waals surface area contributed by atoms with E-state index >= 15 is 0 Å². The van der Waals surface area contributed by atoms with Crippen molar-refractivity contribution in [2.24, 2.45) is 0 Å². The van der Waals surface area contributed by atoms with Crippen LogP contribution in [0.2, 0.25) is 0 Å². The van der Waals surface area contributed by atoms with Crippen LogP contribution in [-0.2, 0) is 0 Å². The van der Waals surface area contributed by atoms with Crippen LogP contribution in [0.4, 0.5) is 0 Å². The van der Waals surface area contributed by atoms with Crippen LogP contribution in [0.1, 0.15) is 29.6 Å². The minimum Gasteiger partial charge on any atom is -0.457 e. The molecule has 2 rings (SSSR count). The Balaban J connectivity index is 2.10. The van der Waals surface area contributed by atoms with Crippen LogP contribution in [0.25, 0.3) is 0 Å². The van der Waals surface area contributed by atoms with Crippen LogP contribution >= 0.6 is 27.7 Å². The molecule has 1 aliphatic heterocycles. The van der Waals surface area contributed by atoms with Crippen molar-refractivity contribution < 1.29 is 9.21 Å². The topological polar surface area (TPSA) is 33.5 Å². The van der Waals surface area contributed by atoms with Crippen LogP contribution in [0.15, 0.2) is 21.4 Å². The summed E-state index contributed by atoms with van der Waals surface area (Å²) in [5, 5.41) is 0.562. The first kappa shape index (κ1) is 13.0. The molecule has 3 nitrogen and oxygen atoms in total. The summed E-state index contributed by atoms with van der Waals surface area (Å²) in [6, 6.07) is 1.73. The zero-order valence-electron chi connectivity index (χ0n) is 9.82. The Labute approximate surface area is 114 Å². The molecule has 1 unspecified atom stereocenters. The summed E-state index contributed by atoms with van der Waals surface area (Å²) in [4.78, 5) is 14.3. The summed E-state index contributed by atoms with van der Waals surface area (Å²) in [6.45, 7) is 1.70. The molecule has 1 aromatic heterocycles. The Kier molecular flexibility index (Phi) is 4.56. The van der Waals surface area contributed by atoms with Gasteiger partial charge in [-0.3, -0.25) is 4.79 Å². The molecule has 1 aromatic rings. The standard InChI is InChI=1S/C12H16BrNO2S/c1-17-9-4-2-3-6-14(8-9)12(15)10-5-7-16-11(10)13/h5,7,9H,2-4,6,8H2,1H3. The van der Waals surface area contributed by atoms with Gasteiger partial charge < -0.3 is 9.32 Å². The largest absolute Gasteiger partial charge is 0.457 e. The fourth-order valence-electron chi connectivity index (χ4n) is 2.10. The highest BCUT2D eigenvalue weighted by Crippen LogP contribution is 2.24. The Hall–Kier alpha value is -0.420. The van der Waals surface area contributed by atoms with Crippen LogP contribution in [0.3, 0.4) is 0 Å². The first-order valence-electron chi connectivity index (χ1n) is 5.77. The maximum absolute atomic E-state index is 12.3. The highest BCUT2D eigenvalue weighted by Gasteiger charge is 2.24. The number of hydrogen-bond acceptors (Lipinski definition) is 3. The predicted octanol–water partition coefficient (Wildman–Crippen LogP) is 3.40. The maximum Gasteiger partial charge on any atom is 0.258 e.